The highest BCUT2D eigenvalue weighted by Crippen LogP contribution is 2.08. The number of aliphatic carboxylic acids is 1. The molecule has 1 atom stereocenters. The summed E-state index contributed by atoms with van der Waals surface area (Å²) in [5, 5.41) is 11.1. The molecule has 0 spiro atoms. The van der Waals surface area contributed by atoms with Gasteiger partial charge in [-0.3, -0.25) is 14.6 Å². The fourth-order valence-corrected chi connectivity index (χ4v) is 1.27. The van der Waals surface area contributed by atoms with Gasteiger partial charge in [-0.2, -0.15) is 0 Å². The Morgan fingerprint density at radius 2 is 2.24 bits per heavy atom. The van der Waals surface area contributed by atoms with Crippen molar-refractivity contribution in [2.45, 2.75) is 25.8 Å². The van der Waals surface area contributed by atoms with E-state index in [0.29, 0.717) is 5.69 Å². The lowest BCUT2D eigenvalue weighted by Gasteiger charge is -2.11. The number of pyridine rings is 1. The van der Waals surface area contributed by atoms with Crippen molar-refractivity contribution < 1.29 is 14.7 Å². The van der Waals surface area contributed by atoms with Gasteiger partial charge in [0.1, 0.15) is 0 Å². The summed E-state index contributed by atoms with van der Waals surface area (Å²) in [5.41, 5.74) is 7.03. The number of nitrogens with zero attached hydrogens (tertiary/aromatic N) is 1. The molecule has 0 radical (unpaired) electrons. The molecule has 1 heterocycles. The number of amides is 1. The standard InChI is InChI=1S/C11H15N3O3/c1-7-4-8(6-13-5-7)14-11(17)9(12)2-3-10(15)16/h4-6,9H,2-3,12H2,1H3,(H,14,17)(H,15,16). The van der Waals surface area contributed by atoms with Crippen molar-refractivity contribution in [1.29, 1.82) is 0 Å². The van der Waals surface area contributed by atoms with Gasteiger partial charge in [0, 0.05) is 12.6 Å². The van der Waals surface area contributed by atoms with E-state index in [1.165, 1.54) is 6.20 Å². The third kappa shape index (κ3) is 4.60. The summed E-state index contributed by atoms with van der Waals surface area (Å²) < 4.78 is 0. The van der Waals surface area contributed by atoms with Crippen molar-refractivity contribution in [2.75, 3.05) is 5.32 Å². The fraction of sp³-hybridized carbons (Fsp3) is 0.364. The topological polar surface area (TPSA) is 105 Å². The number of nitrogens with one attached hydrogen (secondary N) is 1. The van der Waals surface area contributed by atoms with Crippen LogP contribution in [-0.4, -0.2) is 28.0 Å². The number of hydrogen-bond acceptors (Lipinski definition) is 4. The predicted molar refractivity (Wildman–Crippen MR) is 62.4 cm³/mol. The monoisotopic (exact) mass is 237 g/mol. The summed E-state index contributed by atoms with van der Waals surface area (Å²) in [7, 11) is 0. The van der Waals surface area contributed by atoms with Crippen LogP contribution < -0.4 is 11.1 Å². The first-order valence-electron chi connectivity index (χ1n) is 5.19. The molecule has 1 amide bonds. The van der Waals surface area contributed by atoms with Crippen molar-refractivity contribution in [1.82, 2.24) is 4.98 Å². The zero-order valence-electron chi connectivity index (χ0n) is 9.51. The van der Waals surface area contributed by atoms with Gasteiger partial charge in [-0.05, 0) is 25.0 Å². The van der Waals surface area contributed by atoms with E-state index in [2.05, 4.69) is 10.3 Å². The van der Waals surface area contributed by atoms with Gasteiger partial charge in [0.2, 0.25) is 5.91 Å². The smallest absolute Gasteiger partial charge is 0.303 e. The Morgan fingerprint density at radius 3 is 2.82 bits per heavy atom. The molecule has 0 aliphatic rings. The van der Waals surface area contributed by atoms with E-state index in [0.717, 1.165) is 5.56 Å². The summed E-state index contributed by atoms with van der Waals surface area (Å²) in [6.07, 6.45) is 3.16. The number of aryl methyl sites for hydroxylation is 1. The number of anilines is 1. The highest BCUT2D eigenvalue weighted by atomic mass is 16.4. The van der Waals surface area contributed by atoms with Gasteiger partial charge in [-0.15, -0.1) is 0 Å². The zero-order chi connectivity index (χ0) is 12.8. The minimum atomic E-state index is -0.967. The summed E-state index contributed by atoms with van der Waals surface area (Å²) in [5.74, 6) is -1.37. The lowest BCUT2D eigenvalue weighted by Crippen LogP contribution is -2.36. The van der Waals surface area contributed by atoms with E-state index in [9.17, 15) is 9.59 Å². The van der Waals surface area contributed by atoms with Crippen molar-refractivity contribution in [3.63, 3.8) is 0 Å². The maximum atomic E-state index is 11.6. The molecule has 17 heavy (non-hydrogen) atoms. The Bertz CT molecular complexity index is 420. The highest BCUT2D eigenvalue weighted by Gasteiger charge is 2.14. The Balaban J connectivity index is 2.51. The molecular formula is C11H15N3O3. The van der Waals surface area contributed by atoms with Gasteiger partial charge in [0.25, 0.3) is 0 Å². The third-order valence-corrected chi connectivity index (χ3v) is 2.15. The van der Waals surface area contributed by atoms with Crippen LogP contribution in [0.1, 0.15) is 18.4 Å². The second kappa shape index (κ2) is 5.95. The molecule has 0 saturated carbocycles. The molecule has 1 rings (SSSR count). The molecule has 0 bridgehead atoms. The molecule has 4 N–H and O–H groups in total. The van der Waals surface area contributed by atoms with Crippen molar-refractivity contribution in [3.8, 4) is 0 Å². The molecular weight excluding hydrogens is 222 g/mol. The summed E-state index contributed by atoms with van der Waals surface area (Å²) >= 11 is 0. The maximum Gasteiger partial charge on any atom is 0.303 e. The van der Waals surface area contributed by atoms with Crippen molar-refractivity contribution in [3.05, 3.63) is 24.0 Å². The van der Waals surface area contributed by atoms with Gasteiger partial charge in [-0.1, -0.05) is 0 Å². The number of carboxylic acids is 1. The number of aromatic nitrogens is 1. The quantitative estimate of drug-likeness (QED) is 0.692. The third-order valence-electron chi connectivity index (χ3n) is 2.15. The Morgan fingerprint density at radius 1 is 1.53 bits per heavy atom. The summed E-state index contributed by atoms with van der Waals surface area (Å²) in [4.78, 5) is 25.8. The molecule has 6 nitrogen and oxygen atoms in total. The fourth-order valence-electron chi connectivity index (χ4n) is 1.27. The van der Waals surface area contributed by atoms with Crippen LogP contribution in [0.2, 0.25) is 0 Å². The minimum absolute atomic E-state index is 0.112. The van der Waals surface area contributed by atoms with E-state index in [1.54, 1.807) is 12.3 Å². The number of carbonyl (C=O) groups is 2. The van der Waals surface area contributed by atoms with Crippen LogP contribution in [0, 0.1) is 6.92 Å². The molecule has 1 aromatic heterocycles. The van der Waals surface area contributed by atoms with E-state index in [1.807, 2.05) is 6.92 Å². The Hall–Kier alpha value is -1.95. The molecule has 92 valence electrons. The molecule has 1 unspecified atom stereocenters. The number of hydrogen-bond donors (Lipinski definition) is 3. The van der Waals surface area contributed by atoms with Gasteiger partial charge >= 0.3 is 5.97 Å². The number of rotatable bonds is 5. The van der Waals surface area contributed by atoms with Gasteiger partial charge in [-0.25, -0.2) is 0 Å². The molecule has 0 aliphatic heterocycles. The second-order valence-electron chi connectivity index (χ2n) is 3.78. The Labute approximate surface area is 98.8 Å². The normalized spacial score (nSPS) is 11.9. The van der Waals surface area contributed by atoms with Gasteiger partial charge < -0.3 is 16.2 Å². The van der Waals surface area contributed by atoms with E-state index in [4.69, 9.17) is 10.8 Å². The van der Waals surface area contributed by atoms with Crippen LogP contribution in [0.3, 0.4) is 0 Å². The highest BCUT2D eigenvalue weighted by molar-refractivity contribution is 5.94. The first kappa shape index (κ1) is 13.1. The van der Waals surface area contributed by atoms with E-state index >= 15 is 0 Å². The minimum Gasteiger partial charge on any atom is -0.481 e. The SMILES string of the molecule is Cc1cncc(NC(=O)C(N)CCC(=O)O)c1. The van der Waals surface area contributed by atoms with Gasteiger partial charge in [0.05, 0.1) is 17.9 Å². The summed E-state index contributed by atoms with van der Waals surface area (Å²) in [6, 6.07) is 0.932. The average molecular weight is 237 g/mol. The Kier molecular flexibility index (Phi) is 4.59. The van der Waals surface area contributed by atoms with Crippen LogP contribution in [0.25, 0.3) is 0 Å². The number of nitrogens with two attached hydrogens (primary N) is 1. The molecule has 0 aliphatic carbocycles. The van der Waals surface area contributed by atoms with Crippen molar-refractivity contribution >= 4 is 17.6 Å². The maximum absolute atomic E-state index is 11.6. The van der Waals surface area contributed by atoms with Crippen LogP contribution >= 0.6 is 0 Å². The predicted octanol–water partition coefficient (Wildman–Crippen LogP) is 0.521. The lowest BCUT2D eigenvalue weighted by atomic mass is 10.1. The first-order chi connectivity index (χ1) is 7.99. The average Bonchev–Trinajstić information content (AvgIpc) is 2.25. The number of carboxylic acid groups (broad SMARTS) is 1. The molecule has 6 heteroatoms. The van der Waals surface area contributed by atoms with Crippen molar-refractivity contribution in [2.24, 2.45) is 5.73 Å². The molecule has 0 saturated heterocycles. The zero-order valence-corrected chi connectivity index (χ0v) is 9.51. The molecule has 1 aromatic rings. The second-order valence-corrected chi connectivity index (χ2v) is 3.78. The van der Waals surface area contributed by atoms with E-state index < -0.39 is 17.9 Å². The molecule has 0 fully saturated rings. The van der Waals surface area contributed by atoms with Gasteiger partial charge in [0.15, 0.2) is 0 Å². The van der Waals surface area contributed by atoms with E-state index in [-0.39, 0.29) is 12.8 Å². The lowest BCUT2D eigenvalue weighted by molar-refractivity contribution is -0.137. The van der Waals surface area contributed by atoms with Crippen LogP contribution in [0.15, 0.2) is 18.5 Å². The van der Waals surface area contributed by atoms with Crippen LogP contribution in [0.5, 0.6) is 0 Å². The number of carbonyl (C=O) groups excluding carboxylic acids is 1. The van der Waals surface area contributed by atoms with Crippen LogP contribution in [-0.2, 0) is 9.59 Å². The summed E-state index contributed by atoms with van der Waals surface area (Å²) in [6.45, 7) is 1.85. The van der Waals surface area contributed by atoms with Crippen LogP contribution in [0.4, 0.5) is 5.69 Å². The first-order valence-corrected chi connectivity index (χ1v) is 5.19. The molecule has 0 aromatic carbocycles. The largest absolute Gasteiger partial charge is 0.481 e.